The molecule has 0 aliphatic carbocycles. The quantitative estimate of drug-likeness (QED) is 0.802. The molecular weight excluding hydrogens is 218 g/mol. The highest BCUT2D eigenvalue weighted by atomic mass is 19.3. The summed E-state index contributed by atoms with van der Waals surface area (Å²) in [5.41, 5.74) is 1.07. The predicted molar refractivity (Wildman–Crippen MR) is 53.3 cm³/mol. The highest BCUT2D eigenvalue weighted by Crippen LogP contribution is 2.02. The number of carbonyl (C=O) groups is 1. The number of aliphatic hydroxyl groups excluding tert-OH is 1. The van der Waals surface area contributed by atoms with Gasteiger partial charge in [-0.3, -0.25) is 9.78 Å². The third-order valence-electron chi connectivity index (χ3n) is 1.90. The van der Waals surface area contributed by atoms with Crippen LogP contribution in [0.25, 0.3) is 0 Å². The molecule has 1 amide bonds. The summed E-state index contributed by atoms with van der Waals surface area (Å²) in [7, 11) is 0. The fourth-order valence-corrected chi connectivity index (χ4v) is 1.07. The average Bonchev–Trinajstić information content (AvgIpc) is 2.25. The van der Waals surface area contributed by atoms with Crippen LogP contribution in [0, 0.1) is 6.92 Å². The zero-order valence-electron chi connectivity index (χ0n) is 8.65. The Morgan fingerprint density at radius 3 is 2.81 bits per heavy atom. The first-order valence-electron chi connectivity index (χ1n) is 4.66. The lowest BCUT2D eigenvalue weighted by molar-refractivity contribution is -0.00270. The number of pyridine rings is 1. The van der Waals surface area contributed by atoms with Gasteiger partial charge in [-0.25, -0.2) is 8.78 Å². The van der Waals surface area contributed by atoms with E-state index in [1.165, 1.54) is 6.20 Å². The molecule has 0 fully saturated rings. The van der Waals surface area contributed by atoms with E-state index < -0.39 is 25.0 Å². The number of aryl methyl sites for hydroxylation is 1. The highest BCUT2D eigenvalue weighted by molar-refractivity contribution is 5.93. The standard InChI is InChI=1S/C10H12F2N2O2/c1-6-2-7(4-13-3-6)10(16)14-5-8(15)9(11)12/h2-4,8-9,15H,5H2,1H3,(H,14,16). The number of nitrogens with zero attached hydrogens (tertiary/aromatic N) is 1. The number of aliphatic hydroxyl groups is 1. The predicted octanol–water partition coefficient (Wildman–Crippen LogP) is 0.746. The van der Waals surface area contributed by atoms with Gasteiger partial charge in [-0.15, -0.1) is 0 Å². The largest absolute Gasteiger partial charge is 0.385 e. The molecule has 0 saturated heterocycles. The Hall–Kier alpha value is -1.56. The van der Waals surface area contributed by atoms with Crippen molar-refractivity contribution in [3.8, 4) is 0 Å². The van der Waals surface area contributed by atoms with Gasteiger partial charge in [0.2, 0.25) is 0 Å². The van der Waals surface area contributed by atoms with Crippen molar-refractivity contribution in [2.24, 2.45) is 0 Å². The normalized spacial score (nSPS) is 12.6. The Morgan fingerprint density at radius 2 is 2.25 bits per heavy atom. The maximum Gasteiger partial charge on any atom is 0.265 e. The van der Waals surface area contributed by atoms with Crippen LogP contribution in [0.1, 0.15) is 15.9 Å². The Morgan fingerprint density at radius 1 is 1.56 bits per heavy atom. The van der Waals surface area contributed by atoms with Crippen LogP contribution in [0.15, 0.2) is 18.5 Å². The van der Waals surface area contributed by atoms with Gasteiger partial charge in [-0.1, -0.05) is 0 Å². The number of hydrogen-bond donors (Lipinski definition) is 2. The van der Waals surface area contributed by atoms with E-state index in [0.29, 0.717) is 0 Å². The maximum atomic E-state index is 11.9. The molecule has 16 heavy (non-hydrogen) atoms. The first-order chi connectivity index (χ1) is 7.50. The summed E-state index contributed by atoms with van der Waals surface area (Å²) in [6.07, 6.45) is -1.81. The van der Waals surface area contributed by atoms with Crippen molar-refractivity contribution in [3.05, 3.63) is 29.6 Å². The molecule has 1 aromatic rings. The van der Waals surface area contributed by atoms with Crippen LogP contribution in [0.2, 0.25) is 0 Å². The van der Waals surface area contributed by atoms with Crippen LogP contribution in [0.4, 0.5) is 8.78 Å². The molecule has 1 unspecified atom stereocenters. The summed E-state index contributed by atoms with van der Waals surface area (Å²) in [6.45, 7) is 1.28. The molecule has 0 aliphatic rings. The molecule has 1 rings (SSSR count). The molecule has 0 saturated carbocycles. The molecule has 0 radical (unpaired) electrons. The minimum atomic E-state index is -2.86. The van der Waals surface area contributed by atoms with Crippen LogP contribution in [-0.4, -0.2) is 35.1 Å². The number of alkyl halides is 2. The van der Waals surface area contributed by atoms with Crippen molar-refractivity contribution in [2.75, 3.05) is 6.54 Å². The van der Waals surface area contributed by atoms with Crippen LogP contribution in [-0.2, 0) is 0 Å². The Labute approximate surface area is 91.3 Å². The summed E-state index contributed by atoms with van der Waals surface area (Å²) in [4.78, 5) is 15.2. The van der Waals surface area contributed by atoms with E-state index >= 15 is 0 Å². The summed E-state index contributed by atoms with van der Waals surface area (Å²) < 4.78 is 23.9. The second-order valence-corrected chi connectivity index (χ2v) is 3.36. The smallest absolute Gasteiger partial charge is 0.265 e. The number of hydrogen-bond acceptors (Lipinski definition) is 3. The van der Waals surface area contributed by atoms with Gasteiger partial charge < -0.3 is 10.4 Å². The van der Waals surface area contributed by atoms with Crippen LogP contribution in [0.5, 0.6) is 0 Å². The van der Waals surface area contributed by atoms with E-state index in [2.05, 4.69) is 10.3 Å². The monoisotopic (exact) mass is 230 g/mol. The zero-order chi connectivity index (χ0) is 12.1. The Balaban J connectivity index is 2.53. The Bertz CT molecular complexity index is 372. The van der Waals surface area contributed by atoms with E-state index in [1.54, 1.807) is 19.2 Å². The molecule has 6 heteroatoms. The van der Waals surface area contributed by atoms with E-state index in [-0.39, 0.29) is 5.56 Å². The van der Waals surface area contributed by atoms with Gasteiger partial charge in [0.05, 0.1) is 5.56 Å². The van der Waals surface area contributed by atoms with Crippen molar-refractivity contribution in [3.63, 3.8) is 0 Å². The SMILES string of the molecule is Cc1cncc(C(=O)NCC(O)C(F)F)c1. The summed E-state index contributed by atoms with van der Waals surface area (Å²) in [5.74, 6) is -0.532. The van der Waals surface area contributed by atoms with Crippen molar-refractivity contribution >= 4 is 5.91 Å². The van der Waals surface area contributed by atoms with E-state index in [0.717, 1.165) is 5.56 Å². The van der Waals surface area contributed by atoms with Gasteiger partial charge in [0, 0.05) is 18.9 Å². The maximum absolute atomic E-state index is 11.9. The number of nitrogens with one attached hydrogen (secondary N) is 1. The van der Waals surface area contributed by atoms with E-state index in [1.807, 2.05) is 0 Å². The topological polar surface area (TPSA) is 62.2 Å². The van der Waals surface area contributed by atoms with Crippen LogP contribution in [0.3, 0.4) is 0 Å². The van der Waals surface area contributed by atoms with Crippen molar-refractivity contribution < 1.29 is 18.7 Å². The first-order valence-corrected chi connectivity index (χ1v) is 4.66. The average molecular weight is 230 g/mol. The fraction of sp³-hybridized carbons (Fsp3) is 0.400. The second-order valence-electron chi connectivity index (χ2n) is 3.36. The molecule has 4 nitrogen and oxygen atoms in total. The lowest BCUT2D eigenvalue weighted by Crippen LogP contribution is -2.35. The van der Waals surface area contributed by atoms with Gasteiger partial charge in [0.25, 0.3) is 12.3 Å². The van der Waals surface area contributed by atoms with E-state index in [9.17, 15) is 13.6 Å². The number of aromatic nitrogens is 1. The third-order valence-corrected chi connectivity index (χ3v) is 1.90. The van der Waals surface area contributed by atoms with Crippen LogP contribution < -0.4 is 5.32 Å². The van der Waals surface area contributed by atoms with Gasteiger partial charge in [0.15, 0.2) is 0 Å². The number of amides is 1. The van der Waals surface area contributed by atoms with E-state index in [4.69, 9.17) is 5.11 Å². The second kappa shape index (κ2) is 5.50. The molecule has 88 valence electrons. The lowest BCUT2D eigenvalue weighted by atomic mass is 10.2. The van der Waals surface area contributed by atoms with Gasteiger partial charge in [-0.05, 0) is 18.6 Å². The number of halogens is 2. The fourth-order valence-electron chi connectivity index (χ4n) is 1.07. The molecule has 2 N–H and O–H groups in total. The van der Waals surface area contributed by atoms with Crippen molar-refractivity contribution in [1.29, 1.82) is 0 Å². The number of rotatable bonds is 4. The van der Waals surface area contributed by atoms with Gasteiger partial charge in [0.1, 0.15) is 6.10 Å². The lowest BCUT2D eigenvalue weighted by Gasteiger charge is -2.10. The van der Waals surface area contributed by atoms with Crippen molar-refractivity contribution in [2.45, 2.75) is 19.5 Å². The zero-order valence-corrected chi connectivity index (χ0v) is 8.65. The summed E-state index contributed by atoms with van der Waals surface area (Å²) in [5, 5.41) is 11.0. The minimum absolute atomic E-state index is 0.279. The summed E-state index contributed by atoms with van der Waals surface area (Å²) >= 11 is 0. The molecular formula is C10H12F2N2O2. The van der Waals surface area contributed by atoms with Crippen LogP contribution >= 0.6 is 0 Å². The third kappa shape index (κ3) is 3.54. The first kappa shape index (κ1) is 12.5. The van der Waals surface area contributed by atoms with Gasteiger partial charge in [-0.2, -0.15) is 0 Å². The molecule has 1 heterocycles. The molecule has 0 bridgehead atoms. The molecule has 0 aromatic carbocycles. The molecule has 0 spiro atoms. The summed E-state index contributed by atoms with van der Waals surface area (Å²) in [6, 6.07) is 1.58. The number of carbonyl (C=O) groups excluding carboxylic acids is 1. The van der Waals surface area contributed by atoms with Crippen molar-refractivity contribution in [1.82, 2.24) is 10.3 Å². The molecule has 1 atom stereocenters. The molecule has 0 aliphatic heterocycles. The highest BCUT2D eigenvalue weighted by Gasteiger charge is 2.17. The van der Waals surface area contributed by atoms with Gasteiger partial charge >= 0.3 is 0 Å². The molecule has 1 aromatic heterocycles. The Kier molecular flexibility index (Phi) is 4.30. The minimum Gasteiger partial charge on any atom is -0.385 e.